The largest absolute Gasteiger partial charge is 0.389 e. The summed E-state index contributed by atoms with van der Waals surface area (Å²) in [7, 11) is 4.38. The Hall–Kier alpha value is -0.360. The van der Waals surface area contributed by atoms with Crippen molar-refractivity contribution >= 4 is 0 Å². The fourth-order valence-corrected chi connectivity index (χ4v) is 6.42. The van der Waals surface area contributed by atoms with Crippen LogP contribution in [0.5, 0.6) is 0 Å². The third kappa shape index (κ3) is 11.1. The lowest BCUT2D eigenvalue weighted by molar-refractivity contribution is -0.105. The van der Waals surface area contributed by atoms with Crippen molar-refractivity contribution in [2.45, 2.75) is 128 Å². The maximum atomic E-state index is 10.3. The molecule has 0 amide bonds. The minimum atomic E-state index is -0.507. The molecule has 2 unspecified atom stereocenters. The molecule has 2 rings (SSSR count). The molecule has 0 radical (unpaired) electrons. The van der Waals surface area contributed by atoms with E-state index >= 15 is 0 Å². The average Bonchev–Trinajstić information content (AvgIpc) is 2.81. The van der Waals surface area contributed by atoms with E-state index in [0.717, 1.165) is 51.9 Å². The Morgan fingerprint density at radius 3 is 1.18 bits per heavy atom. The predicted octanol–water partition coefficient (Wildman–Crippen LogP) is 1.81. The minimum absolute atomic E-state index is 0.0867. The van der Waals surface area contributed by atoms with Gasteiger partial charge in [0.2, 0.25) is 0 Å². The lowest BCUT2D eigenvalue weighted by atomic mass is 9.79. The summed E-state index contributed by atoms with van der Waals surface area (Å²) in [5.74, 6) is 0. The highest BCUT2D eigenvalue weighted by atomic mass is 16.5. The Kier molecular flexibility index (Phi) is 13.1. The molecule has 0 aliphatic carbocycles. The van der Waals surface area contributed by atoms with Crippen LogP contribution >= 0.6 is 0 Å². The van der Waals surface area contributed by atoms with Gasteiger partial charge in [0.05, 0.1) is 37.6 Å². The van der Waals surface area contributed by atoms with Crippen LogP contribution in [0.3, 0.4) is 0 Å². The van der Waals surface area contributed by atoms with Crippen molar-refractivity contribution in [3.63, 3.8) is 0 Å². The topological polar surface area (TPSA) is 101 Å². The molecule has 232 valence electrons. The second-order valence-corrected chi connectivity index (χ2v) is 14.6. The van der Waals surface area contributed by atoms with Crippen LogP contribution in [-0.2, 0) is 9.47 Å². The van der Waals surface area contributed by atoms with E-state index in [1.165, 1.54) is 0 Å². The Morgan fingerprint density at radius 2 is 0.872 bits per heavy atom. The monoisotopic (exact) mass is 557 g/mol. The number of hydrogen-bond acceptors (Lipinski definition) is 9. The second-order valence-electron chi connectivity index (χ2n) is 14.6. The van der Waals surface area contributed by atoms with Gasteiger partial charge < -0.3 is 35.6 Å². The van der Waals surface area contributed by atoms with Crippen molar-refractivity contribution in [2.24, 2.45) is 0 Å². The molecule has 2 heterocycles. The van der Waals surface area contributed by atoms with Crippen molar-refractivity contribution in [1.82, 2.24) is 25.8 Å². The first-order valence-electron chi connectivity index (χ1n) is 15.2. The molecule has 2 fully saturated rings. The van der Waals surface area contributed by atoms with Gasteiger partial charge in [-0.15, -0.1) is 0 Å². The quantitative estimate of drug-likeness (QED) is 0.182. The number of hydrogen-bond donors (Lipinski definition) is 5. The van der Waals surface area contributed by atoms with Crippen LogP contribution in [0.2, 0.25) is 0 Å². The molecular formula is C30H63N5O4. The van der Waals surface area contributed by atoms with Crippen LogP contribution in [0.1, 0.15) is 81.1 Å². The van der Waals surface area contributed by atoms with E-state index < -0.39 is 12.2 Å². The van der Waals surface area contributed by atoms with Crippen LogP contribution in [0.25, 0.3) is 0 Å². The van der Waals surface area contributed by atoms with Gasteiger partial charge in [-0.3, -0.25) is 9.80 Å². The molecule has 9 heteroatoms. The van der Waals surface area contributed by atoms with Gasteiger partial charge in [-0.1, -0.05) is 0 Å². The molecule has 2 aliphatic heterocycles. The summed E-state index contributed by atoms with van der Waals surface area (Å²) in [6.45, 7) is 23.1. The molecule has 0 bridgehead atoms. The summed E-state index contributed by atoms with van der Waals surface area (Å²) in [4.78, 5) is 4.88. The average molecular weight is 558 g/mol. The maximum Gasteiger partial charge on any atom is 0.0897 e. The zero-order valence-corrected chi connectivity index (χ0v) is 26.9. The zero-order chi connectivity index (χ0) is 29.5. The fourth-order valence-electron chi connectivity index (χ4n) is 6.42. The minimum Gasteiger partial charge on any atom is -0.389 e. The third-order valence-electron chi connectivity index (χ3n) is 9.31. The molecular weight excluding hydrogens is 494 g/mol. The summed E-state index contributed by atoms with van der Waals surface area (Å²) in [5.41, 5.74) is 0.347. The van der Waals surface area contributed by atoms with E-state index in [1.807, 2.05) is 0 Å². The van der Waals surface area contributed by atoms with Gasteiger partial charge in [0, 0.05) is 61.4 Å². The van der Waals surface area contributed by atoms with Crippen LogP contribution in [-0.4, -0.2) is 133 Å². The van der Waals surface area contributed by atoms with Gasteiger partial charge >= 0.3 is 0 Å². The maximum absolute atomic E-state index is 10.3. The molecule has 5 N–H and O–H groups in total. The number of ether oxygens (including phenoxy) is 2. The summed E-state index contributed by atoms with van der Waals surface area (Å²) in [5, 5.41) is 30.7. The van der Waals surface area contributed by atoms with Gasteiger partial charge in [0.25, 0.3) is 0 Å². The molecule has 39 heavy (non-hydrogen) atoms. The first-order valence-corrected chi connectivity index (χ1v) is 15.2. The smallest absolute Gasteiger partial charge is 0.0897 e. The molecule has 2 saturated heterocycles. The van der Waals surface area contributed by atoms with E-state index in [2.05, 4.69) is 95.2 Å². The van der Waals surface area contributed by atoms with Crippen molar-refractivity contribution in [3.8, 4) is 0 Å². The summed E-state index contributed by atoms with van der Waals surface area (Å²) in [6.07, 6.45) is 3.24. The summed E-state index contributed by atoms with van der Waals surface area (Å²) in [6, 6.07) is 0. The van der Waals surface area contributed by atoms with Crippen LogP contribution < -0.4 is 16.0 Å². The summed E-state index contributed by atoms with van der Waals surface area (Å²) >= 11 is 0. The Bertz CT molecular complexity index is 623. The molecule has 2 aliphatic rings. The van der Waals surface area contributed by atoms with E-state index in [9.17, 15) is 10.2 Å². The van der Waals surface area contributed by atoms with Crippen LogP contribution in [0.15, 0.2) is 0 Å². The highest BCUT2D eigenvalue weighted by molar-refractivity contribution is 5.00. The van der Waals surface area contributed by atoms with Gasteiger partial charge in [-0.25, -0.2) is 0 Å². The van der Waals surface area contributed by atoms with E-state index in [0.29, 0.717) is 26.3 Å². The molecule has 2 atom stereocenters. The van der Waals surface area contributed by atoms with Gasteiger partial charge in [0.1, 0.15) is 0 Å². The van der Waals surface area contributed by atoms with Crippen molar-refractivity contribution in [3.05, 3.63) is 0 Å². The lowest BCUT2D eigenvalue weighted by Crippen LogP contribution is -2.60. The van der Waals surface area contributed by atoms with Crippen LogP contribution in [0, 0.1) is 0 Å². The highest BCUT2D eigenvalue weighted by Gasteiger charge is 2.44. The summed E-state index contributed by atoms with van der Waals surface area (Å²) < 4.78 is 12.2. The third-order valence-corrected chi connectivity index (χ3v) is 9.31. The number of aliphatic hydroxyl groups excluding tert-OH is 2. The van der Waals surface area contributed by atoms with Gasteiger partial charge in [-0.2, -0.15) is 0 Å². The molecule has 0 aromatic carbocycles. The number of rotatable bonds is 16. The SMILES string of the molecule is CN1C(C)(C)CC(OCC(O)CNCCNCCNCC(O)COC2CC(C)(C)N(C)C(C)(C)C2)CC1(C)C. The fraction of sp³-hybridized carbons (Fsp3) is 1.00. The van der Waals surface area contributed by atoms with Crippen molar-refractivity contribution in [1.29, 1.82) is 0 Å². The molecule has 0 aromatic rings. The second kappa shape index (κ2) is 14.7. The first-order chi connectivity index (χ1) is 18.0. The highest BCUT2D eigenvalue weighted by Crippen LogP contribution is 2.39. The Balaban J connectivity index is 1.46. The standard InChI is InChI=1S/C30H63N5O4/c1-27(2)15-25(16-28(3,4)34(27)9)38-21-23(36)19-32-13-11-31-12-14-33-20-24(37)22-39-26-17-29(5,6)35(10)30(7,8)18-26/h23-26,31-33,36-37H,11-22H2,1-10H3. The predicted molar refractivity (Wildman–Crippen MR) is 160 cm³/mol. The zero-order valence-electron chi connectivity index (χ0n) is 26.9. The number of nitrogens with zero attached hydrogens (tertiary/aromatic N) is 2. The molecule has 0 saturated carbocycles. The van der Waals surface area contributed by atoms with E-state index in [-0.39, 0.29) is 34.4 Å². The molecule has 0 spiro atoms. The van der Waals surface area contributed by atoms with E-state index in [1.54, 1.807) is 0 Å². The number of aliphatic hydroxyl groups is 2. The lowest BCUT2D eigenvalue weighted by Gasteiger charge is -2.53. The Labute approximate surface area is 239 Å². The van der Waals surface area contributed by atoms with Crippen molar-refractivity contribution in [2.75, 3.05) is 66.6 Å². The first kappa shape index (κ1) is 34.8. The number of piperidine rings is 2. The number of likely N-dealkylation sites (tertiary alicyclic amines) is 2. The molecule has 9 nitrogen and oxygen atoms in total. The molecule has 0 aromatic heterocycles. The normalized spacial score (nSPS) is 25.5. The van der Waals surface area contributed by atoms with Gasteiger partial charge in [-0.05, 0) is 95.2 Å². The number of nitrogens with one attached hydrogen (secondary N) is 3. The Morgan fingerprint density at radius 1 is 0.590 bits per heavy atom. The van der Waals surface area contributed by atoms with Gasteiger partial charge in [0.15, 0.2) is 0 Å². The van der Waals surface area contributed by atoms with Crippen LogP contribution in [0.4, 0.5) is 0 Å². The van der Waals surface area contributed by atoms with E-state index in [4.69, 9.17) is 9.47 Å². The van der Waals surface area contributed by atoms with Crippen molar-refractivity contribution < 1.29 is 19.7 Å².